The van der Waals surface area contributed by atoms with E-state index in [0.29, 0.717) is 0 Å². The molecule has 0 spiro atoms. The van der Waals surface area contributed by atoms with Crippen molar-refractivity contribution in [3.05, 3.63) is 0 Å². The molecule has 2 N–H and O–H groups in total. The van der Waals surface area contributed by atoms with Crippen LogP contribution >= 0.6 is 0 Å². The summed E-state index contributed by atoms with van der Waals surface area (Å²) in [4.78, 5) is 0. The van der Waals surface area contributed by atoms with Crippen LogP contribution < -0.4 is 5.32 Å². The lowest BCUT2D eigenvalue weighted by Crippen LogP contribution is -2.25. The van der Waals surface area contributed by atoms with E-state index in [0.717, 1.165) is 19.0 Å². The summed E-state index contributed by atoms with van der Waals surface area (Å²) >= 11 is 0. The maximum Gasteiger partial charge on any atom is 0.0636 e. The zero-order valence-corrected chi connectivity index (χ0v) is 10.1. The molecule has 2 nitrogen and oxygen atoms in total. The van der Waals surface area contributed by atoms with Gasteiger partial charge in [0.25, 0.3) is 0 Å². The number of hydrogen-bond donors (Lipinski definition) is 2. The Labute approximate surface area is 89.1 Å². The molecule has 0 aromatic rings. The number of hydrogen-bond acceptors (Lipinski definition) is 2. The molecule has 0 fully saturated rings. The fourth-order valence-electron chi connectivity index (χ4n) is 1.47. The first kappa shape index (κ1) is 13.9. The lowest BCUT2D eigenvalue weighted by molar-refractivity contribution is 0.191. The first-order valence-electron chi connectivity index (χ1n) is 6.01. The molecule has 0 aliphatic rings. The summed E-state index contributed by atoms with van der Waals surface area (Å²) < 4.78 is 0. The van der Waals surface area contributed by atoms with Gasteiger partial charge in [0.15, 0.2) is 0 Å². The standard InChI is InChI=1S/C12H27NO/c1-11(2)8-6-4-5-7-9-13-10-12(3)14/h11-14H,4-10H2,1-3H3/t12-/m0/s1. The topological polar surface area (TPSA) is 32.3 Å². The Bertz CT molecular complexity index is 98.9. The smallest absolute Gasteiger partial charge is 0.0636 e. The van der Waals surface area contributed by atoms with Gasteiger partial charge >= 0.3 is 0 Å². The molecule has 0 amide bonds. The SMILES string of the molecule is CC(C)CCCCCCNC[C@H](C)O. The molecule has 86 valence electrons. The Hall–Kier alpha value is -0.0800. The number of aliphatic hydroxyl groups is 1. The van der Waals surface area contributed by atoms with E-state index in [1.54, 1.807) is 0 Å². The monoisotopic (exact) mass is 201 g/mol. The number of unbranched alkanes of at least 4 members (excludes halogenated alkanes) is 3. The summed E-state index contributed by atoms with van der Waals surface area (Å²) in [6.45, 7) is 8.16. The molecular formula is C12H27NO. The van der Waals surface area contributed by atoms with Gasteiger partial charge in [-0.25, -0.2) is 0 Å². The van der Waals surface area contributed by atoms with Crippen LogP contribution in [-0.4, -0.2) is 24.3 Å². The summed E-state index contributed by atoms with van der Waals surface area (Å²) in [5.74, 6) is 0.850. The van der Waals surface area contributed by atoms with Crippen molar-refractivity contribution in [2.75, 3.05) is 13.1 Å². The molecule has 0 saturated carbocycles. The Morgan fingerprint density at radius 2 is 1.64 bits per heavy atom. The van der Waals surface area contributed by atoms with Gasteiger partial charge in [-0.3, -0.25) is 0 Å². The number of aliphatic hydroxyl groups excluding tert-OH is 1. The third kappa shape index (κ3) is 11.9. The first-order valence-corrected chi connectivity index (χ1v) is 6.01. The van der Waals surface area contributed by atoms with Crippen molar-refractivity contribution in [2.24, 2.45) is 5.92 Å². The summed E-state index contributed by atoms with van der Waals surface area (Å²) in [6, 6.07) is 0. The van der Waals surface area contributed by atoms with Crippen LogP contribution in [0.2, 0.25) is 0 Å². The van der Waals surface area contributed by atoms with Gasteiger partial charge in [-0.05, 0) is 25.8 Å². The zero-order valence-electron chi connectivity index (χ0n) is 10.1. The highest BCUT2D eigenvalue weighted by Crippen LogP contribution is 2.08. The second-order valence-electron chi connectivity index (χ2n) is 4.65. The van der Waals surface area contributed by atoms with Crippen molar-refractivity contribution in [2.45, 2.75) is 59.0 Å². The van der Waals surface area contributed by atoms with Gasteiger partial charge in [0.05, 0.1) is 6.10 Å². The molecule has 0 saturated heterocycles. The van der Waals surface area contributed by atoms with E-state index in [2.05, 4.69) is 19.2 Å². The van der Waals surface area contributed by atoms with Gasteiger partial charge in [-0.1, -0.05) is 39.5 Å². The van der Waals surface area contributed by atoms with Crippen molar-refractivity contribution in [3.63, 3.8) is 0 Å². The van der Waals surface area contributed by atoms with Crippen LogP contribution in [0.3, 0.4) is 0 Å². The minimum atomic E-state index is -0.212. The third-order valence-electron chi connectivity index (χ3n) is 2.32. The van der Waals surface area contributed by atoms with Gasteiger partial charge < -0.3 is 10.4 Å². The normalized spacial score (nSPS) is 13.5. The Kier molecular flexibility index (Phi) is 9.42. The largest absolute Gasteiger partial charge is 0.392 e. The second kappa shape index (κ2) is 9.47. The maximum absolute atomic E-state index is 8.99. The highest BCUT2D eigenvalue weighted by Gasteiger charge is 1.95. The second-order valence-corrected chi connectivity index (χ2v) is 4.65. The zero-order chi connectivity index (χ0) is 10.8. The van der Waals surface area contributed by atoms with E-state index in [1.807, 2.05) is 6.92 Å². The molecule has 14 heavy (non-hydrogen) atoms. The molecule has 0 unspecified atom stereocenters. The van der Waals surface area contributed by atoms with Crippen LogP contribution in [0.15, 0.2) is 0 Å². The van der Waals surface area contributed by atoms with Crippen molar-refractivity contribution in [1.29, 1.82) is 0 Å². The van der Waals surface area contributed by atoms with Gasteiger partial charge in [0.2, 0.25) is 0 Å². The molecule has 0 aromatic carbocycles. The lowest BCUT2D eigenvalue weighted by atomic mass is 10.0. The summed E-state index contributed by atoms with van der Waals surface area (Å²) in [7, 11) is 0. The molecule has 0 heterocycles. The van der Waals surface area contributed by atoms with Crippen LogP contribution in [-0.2, 0) is 0 Å². The third-order valence-corrected chi connectivity index (χ3v) is 2.32. The molecule has 0 aromatic heterocycles. The van der Waals surface area contributed by atoms with Crippen molar-refractivity contribution in [1.82, 2.24) is 5.32 Å². The van der Waals surface area contributed by atoms with Gasteiger partial charge in [-0.2, -0.15) is 0 Å². The fraction of sp³-hybridized carbons (Fsp3) is 1.00. The minimum absolute atomic E-state index is 0.212. The Morgan fingerprint density at radius 3 is 2.21 bits per heavy atom. The van der Waals surface area contributed by atoms with E-state index in [1.165, 1.54) is 32.1 Å². The van der Waals surface area contributed by atoms with Crippen LogP contribution in [0.1, 0.15) is 52.9 Å². The molecule has 1 atom stereocenters. The van der Waals surface area contributed by atoms with E-state index in [4.69, 9.17) is 5.11 Å². The number of nitrogens with one attached hydrogen (secondary N) is 1. The lowest BCUT2D eigenvalue weighted by Gasteiger charge is -2.07. The molecule has 0 rings (SSSR count). The van der Waals surface area contributed by atoms with Crippen molar-refractivity contribution in [3.8, 4) is 0 Å². The summed E-state index contributed by atoms with van der Waals surface area (Å²) in [5, 5.41) is 12.2. The Balaban J connectivity index is 2.92. The predicted octanol–water partition coefficient (Wildman–Crippen LogP) is 2.56. The predicted molar refractivity (Wildman–Crippen MR) is 62.5 cm³/mol. The molecule has 0 aliphatic carbocycles. The van der Waals surface area contributed by atoms with E-state index in [-0.39, 0.29) is 6.10 Å². The average molecular weight is 201 g/mol. The van der Waals surface area contributed by atoms with E-state index >= 15 is 0 Å². The fourth-order valence-corrected chi connectivity index (χ4v) is 1.47. The molecule has 0 radical (unpaired) electrons. The van der Waals surface area contributed by atoms with Crippen molar-refractivity contribution < 1.29 is 5.11 Å². The maximum atomic E-state index is 8.99. The molecule has 0 bridgehead atoms. The molecule has 0 aliphatic heterocycles. The van der Waals surface area contributed by atoms with Gasteiger partial charge in [0.1, 0.15) is 0 Å². The Morgan fingerprint density at radius 1 is 1.00 bits per heavy atom. The van der Waals surface area contributed by atoms with Crippen molar-refractivity contribution >= 4 is 0 Å². The molecule has 2 heteroatoms. The number of rotatable bonds is 9. The van der Waals surface area contributed by atoms with Crippen LogP contribution in [0.5, 0.6) is 0 Å². The average Bonchev–Trinajstić information content (AvgIpc) is 2.08. The van der Waals surface area contributed by atoms with Gasteiger partial charge in [-0.15, -0.1) is 0 Å². The first-order chi connectivity index (χ1) is 6.63. The molecular weight excluding hydrogens is 174 g/mol. The van der Waals surface area contributed by atoms with Gasteiger partial charge in [0, 0.05) is 6.54 Å². The summed E-state index contributed by atoms with van der Waals surface area (Å²) in [6.07, 6.45) is 6.43. The highest BCUT2D eigenvalue weighted by atomic mass is 16.3. The van der Waals surface area contributed by atoms with E-state index < -0.39 is 0 Å². The highest BCUT2D eigenvalue weighted by molar-refractivity contribution is 4.54. The quantitative estimate of drug-likeness (QED) is 0.562. The van der Waals surface area contributed by atoms with Crippen LogP contribution in [0.25, 0.3) is 0 Å². The summed E-state index contributed by atoms with van der Waals surface area (Å²) in [5.41, 5.74) is 0. The van der Waals surface area contributed by atoms with Crippen LogP contribution in [0.4, 0.5) is 0 Å². The van der Waals surface area contributed by atoms with E-state index in [9.17, 15) is 0 Å². The van der Waals surface area contributed by atoms with Crippen LogP contribution in [0, 0.1) is 5.92 Å². The minimum Gasteiger partial charge on any atom is -0.392 e.